The molecule has 1 aromatic heterocycles. The summed E-state index contributed by atoms with van der Waals surface area (Å²) in [5, 5.41) is 1.34. The Morgan fingerprint density at radius 2 is 1.50 bits per heavy atom. The highest BCUT2D eigenvalue weighted by molar-refractivity contribution is 7.20. The Morgan fingerprint density at radius 1 is 0.804 bits per heavy atom. The Morgan fingerprint density at radius 3 is 2.13 bits per heavy atom. The minimum Gasteiger partial charge on any atom is -0.404 e. The molecule has 0 saturated heterocycles. The molecule has 5 aromatic rings. The molecule has 4 heteroatoms. The average Bonchev–Trinajstić information content (AvgIpc) is 3.72. The van der Waals surface area contributed by atoms with Crippen LogP contribution in [0.1, 0.15) is 84.9 Å². The van der Waals surface area contributed by atoms with Crippen LogP contribution in [0, 0.1) is 0 Å². The van der Waals surface area contributed by atoms with Crippen LogP contribution in [0.25, 0.3) is 49.6 Å². The number of rotatable bonds is 6. The predicted octanol–water partition coefficient (Wildman–Crippen LogP) is 10.6. The van der Waals surface area contributed by atoms with Crippen molar-refractivity contribution in [3.05, 3.63) is 135 Å². The van der Waals surface area contributed by atoms with Crippen LogP contribution >= 0.6 is 11.3 Å². The van der Waals surface area contributed by atoms with E-state index < -0.39 is 5.41 Å². The normalized spacial score (nSPS) is 16.6. The van der Waals surface area contributed by atoms with Crippen molar-refractivity contribution in [2.24, 2.45) is 16.5 Å². The van der Waals surface area contributed by atoms with E-state index in [-0.39, 0.29) is 0 Å². The van der Waals surface area contributed by atoms with Crippen LogP contribution in [0.15, 0.2) is 96.3 Å². The fourth-order valence-corrected chi connectivity index (χ4v) is 8.94. The lowest BCUT2D eigenvalue weighted by Gasteiger charge is -2.31. The van der Waals surface area contributed by atoms with Gasteiger partial charge in [0.1, 0.15) is 0 Å². The number of aliphatic imine (C=N–C) groups is 1. The quantitative estimate of drug-likeness (QED) is 0.181. The number of nitrogens with two attached hydrogens (primary N) is 2. The molecule has 0 amide bonds. The maximum Gasteiger partial charge on any atom is 0.0726 e. The van der Waals surface area contributed by atoms with E-state index in [1.165, 1.54) is 70.6 Å². The molecule has 0 aliphatic heterocycles. The molecule has 2 aliphatic carbocycles. The molecule has 1 spiro atoms. The van der Waals surface area contributed by atoms with Gasteiger partial charge in [-0.25, -0.2) is 0 Å². The van der Waals surface area contributed by atoms with Gasteiger partial charge in [-0.3, -0.25) is 4.99 Å². The molecular formula is C42H43N3S. The molecule has 1 heterocycles. The summed E-state index contributed by atoms with van der Waals surface area (Å²) in [5.74, 6) is 0. The molecule has 46 heavy (non-hydrogen) atoms. The molecule has 0 bridgehead atoms. The summed E-state index contributed by atoms with van der Waals surface area (Å²) in [6.45, 7) is 10.5. The third-order valence-corrected chi connectivity index (χ3v) is 10.9. The van der Waals surface area contributed by atoms with Crippen LogP contribution in [0.3, 0.4) is 0 Å². The Hall–Kier alpha value is -4.67. The topological polar surface area (TPSA) is 64.4 Å². The van der Waals surface area contributed by atoms with E-state index in [1.54, 1.807) is 19.4 Å². The van der Waals surface area contributed by atoms with Gasteiger partial charge in [0.25, 0.3) is 0 Å². The van der Waals surface area contributed by atoms with Crippen LogP contribution in [-0.2, 0) is 11.8 Å². The molecule has 1 unspecified atom stereocenters. The van der Waals surface area contributed by atoms with Crippen molar-refractivity contribution in [3.8, 4) is 22.3 Å². The zero-order valence-electron chi connectivity index (χ0n) is 27.7. The van der Waals surface area contributed by atoms with Gasteiger partial charge in [0.05, 0.1) is 5.41 Å². The van der Waals surface area contributed by atoms with Crippen molar-refractivity contribution in [1.82, 2.24) is 0 Å². The number of allylic oxidation sites excluding steroid dienone is 3. The lowest BCUT2D eigenvalue weighted by molar-refractivity contribution is 0.793. The summed E-state index contributed by atoms with van der Waals surface area (Å²) in [6.07, 6.45) is 11.6. The van der Waals surface area contributed by atoms with E-state index in [0.717, 1.165) is 29.6 Å². The number of aryl methyl sites for hydroxylation is 1. The second kappa shape index (κ2) is 12.6. The molecule has 0 radical (unpaired) electrons. The number of hydrogen-bond donors (Lipinski definition) is 2. The van der Waals surface area contributed by atoms with E-state index in [1.807, 2.05) is 31.4 Å². The molecule has 1 atom stereocenters. The number of thiophene rings is 1. The van der Waals surface area contributed by atoms with Crippen LogP contribution in [0.2, 0.25) is 0 Å². The molecule has 4 N–H and O–H groups in total. The van der Waals surface area contributed by atoms with Crippen molar-refractivity contribution in [1.29, 1.82) is 0 Å². The fourth-order valence-electron chi connectivity index (χ4n) is 7.65. The number of benzene rings is 4. The predicted molar refractivity (Wildman–Crippen MR) is 203 cm³/mol. The molecule has 7 rings (SSSR count). The van der Waals surface area contributed by atoms with Gasteiger partial charge in [0.15, 0.2) is 0 Å². The first-order chi connectivity index (χ1) is 22.6. The van der Waals surface area contributed by atoms with E-state index in [4.69, 9.17) is 11.5 Å². The van der Waals surface area contributed by atoms with Crippen molar-refractivity contribution >= 4 is 44.9 Å². The van der Waals surface area contributed by atoms with Crippen LogP contribution in [0.5, 0.6) is 0 Å². The zero-order valence-corrected chi connectivity index (χ0v) is 28.6. The molecule has 0 saturated carbocycles. The maximum atomic E-state index is 6.16. The van der Waals surface area contributed by atoms with Gasteiger partial charge < -0.3 is 11.5 Å². The number of hydrogen-bond acceptors (Lipinski definition) is 4. The number of nitrogens with zero attached hydrogens (tertiary/aromatic N) is 1. The summed E-state index contributed by atoms with van der Waals surface area (Å²) in [7, 11) is 1.79. The van der Waals surface area contributed by atoms with E-state index >= 15 is 0 Å². The van der Waals surface area contributed by atoms with Gasteiger partial charge in [0.2, 0.25) is 0 Å². The van der Waals surface area contributed by atoms with Gasteiger partial charge in [-0.1, -0.05) is 101 Å². The van der Waals surface area contributed by atoms with E-state index in [9.17, 15) is 0 Å². The zero-order chi connectivity index (χ0) is 32.6. The monoisotopic (exact) mass is 621 g/mol. The SMILES string of the molecule is C/C=C\c1c(CC)sc2c3c(ccc12)C1(c2cc(/C(C=NC)=C/N)ccc2-c2ccc(/C(=C/N)CC)cc21)c1ccccc1-3.CC. The standard InChI is InChI=1S/C40H37N3S.C2H6/c1-5-10-30-31-17-18-34-38(39(31)44-37(30)7-3)32-11-8-9-12-33(32)40(34)35-19-25(24(6-2)21-41)13-15-28(35)29-16-14-26(20-36(29)40)27(22-42)23-43-4;1-2/h5,8-23H,6-7,41-42H2,1-4H3;1-2H3/b10-5-,24-21+,27-22+,43-23?;. The van der Waals surface area contributed by atoms with Crippen molar-refractivity contribution in [3.63, 3.8) is 0 Å². The van der Waals surface area contributed by atoms with E-state index in [0.29, 0.717) is 0 Å². The summed E-state index contributed by atoms with van der Waals surface area (Å²) in [6, 6.07) is 27.5. The first-order valence-corrected chi connectivity index (χ1v) is 17.2. The maximum absolute atomic E-state index is 6.16. The third kappa shape index (κ3) is 4.34. The first kappa shape index (κ1) is 31.3. The van der Waals surface area contributed by atoms with Crippen molar-refractivity contribution < 1.29 is 0 Å². The second-order valence-corrected chi connectivity index (χ2v) is 12.6. The van der Waals surface area contributed by atoms with Crippen LogP contribution < -0.4 is 11.5 Å². The van der Waals surface area contributed by atoms with E-state index in [2.05, 4.69) is 111 Å². The largest absolute Gasteiger partial charge is 0.404 e. The number of fused-ring (bicyclic) bond motifs is 12. The lowest BCUT2D eigenvalue weighted by Crippen LogP contribution is -2.26. The van der Waals surface area contributed by atoms with Crippen molar-refractivity contribution in [2.75, 3.05) is 7.05 Å². The smallest absolute Gasteiger partial charge is 0.0726 e. The van der Waals surface area contributed by atoms with Gasteiger partial charge >= 0.3 is 0 Å². The molecular weight excluding hydrogens is 579 g/mol. The van der Waals surface area contributed by atoms with Gasteiger partial charge in [-0.05, 0) is 99.3 Å². The highest BCUT2D eigenvalue weighted by atomic mass is 32.1. The Balaban J connectivity index is 0.00000182. The Labute approximate surface area is 277 Å². The third-order valence-electron chi connectivity index (χ3n) is 9.50. The van der Waals surface area contributed by atoms with Gasteiger partial charge in [0, 0.05) is 45.6 Å². The summed E-state index contributed by atoms with van der Waals surface area (Å²) in [4.78, 5) is 5.73. The molecule has 232 valence electrons. The first-order valence-electron chi connectivity index (χ1n) is 16.4. The average molecular weight is 622 g/mol. The second-order valence-electron chi connectivity index (χ2n) is 11.5. The Kier molecular flexibility index (Phi) is 8.59. The fraction of sp³-hybridized carbons (Fsp3) is 0.214. The molecule has 2 aliphatic rings. The highest BCUT2D eigenvalue weighted by Crippen LogP contribution is 2.64. The van der Waals surface area contributed by atoms with Crippen LogP contribution in [0.4, 0.5) is 0 Å². The van der Waals surface area contributed by atoms with Crippen molar-refractivity contribution in [2.45, 2.75) is 52.9 Å². The highest BCUT2D eigenvalue weighted by Gasteiger charge is 2.52. The van der Waals surface area contributed by atoms with Crippen LogP contribution in [-0.4, -0.2) is 13.3 Å². The summed E-state index contributed by atoms with van der Waals surface area (Å²) < 4.78 is 1.37. The molecule has 0 fully saturated rings. The van der Waals surface area contributed by atoms with Gasteiger partial charge in [-0.15, -0.1) is 11.3 Å². The van der Waals surface area contributed by atoms with Gasteiger partial charge in [-0.2, -0.15) is 0 Å². The summed E-state index contributed by atoms with van der Waals surface area (Å²) in [5.41, 5.74) is 27.9. The molecule has 4 aromatic carbocycles. The minimum atomic E-state index is -0.482. The Bertz CT molecular complexity index is 2090. The summed E-state index contributed by atoms with van der Waals surface area (Å²) >= 11 is 1.95. The molecule has 3 nitrogen and oxygen atoms in total. The minimum absolute atomic E-state index is 0.482. The lowest BCUT2D eigenvalue weighted by atomic mass is 9.70.